The van der Waals surface area contributed by atoms with E-state index >= 15 is 0 Å². The number of rotatable bonds is 7. The van der Waals surface area contributed by atoms with E-state index in [1.54, 1.807) is 0 Å². The van der Waals surface area contributed by atoms with Gasteiger partial charge in [-0.15, -0.1) is 0 Å². The second-order valence-electron chi connectivity index (χ2n) is 5.10. The first kappa shape index (κ1) is 13.1. The Bertz CT molecular complexity index is 387. The highest BCUT2D eigenvalue weighted by Crippen LogP contribution is 2.33. The maximum absolute atomic E-state index is 11.0. The van der Waals surface area contributed by atoms with Crippen molar-refractivity contribution < 1.29 is 9.90 Å². The maximum atomic E-state index is 11.0. The summed E-state index contributed by atoms with van der Waals surface area (Å²) in [6, 6.07) is 10.5. The predicted molar refractivity (Wildman–Crippen MR) is 71.4 cm³/mol. The maximum Gasteiger partial charge on any atom is 0.317 e. The Balaban J connectivity index is 2.11. The molecule has 0 bridgehead atoms. The zero-order valence-electron chi connectivity index (χ0n) is 10.9. The van der Waals surface area contributed by atoms with Crippen LogP contribution >= 0.6 is 0 Å². The van der Waals surface area contributed by atoms with Crippen molar-refractivity contribution in [1.29, 1.82) is 0 Å². The molecule has 1 aromatic carbocycles. The summed E-state index contributed by atoms with van der Waals surface area (Å²) in [5.41, 5.74) is 1.22. The summed E-state index contributed by atoms with van der Waals surface area (Å²) in [6.45, 7) is 3.18. The fourth-order valence-corrected chi connectivity index (χ4v) is 2.49. The van der Waals surface area contributed by atoms with Gasteiger partial charge in [0.1, 0.15) is 0 Å². The topological polar surface area (TPSA) is 40.5 Å². The van der Waals surface area contributed by atoms with Gasteiger partial charge in [0, 0.05) is 12.6 Å². The van der Waals surface area contributed by atoms with Crippen LogP contribution in [0.3, 0.4) is 0 Å². The number of hydrogen-bond donors (Lipinski definition) is 1. The number of carboxylic acid groups (broad SMARTS) is 1. The lowest BCUT2D eigenvalue weighted by atomic mass is 10.0. The second kappa shape index (κ2) is 6.01. The van der Waals surface area contributed by atoms with Gasteiger partial charge in [0.2, 0.25) is 0 Å². The van der Waals surface area contributed by atoms with Crippen molar-refractivity contribution in [2.45, 2.75) is 32.2 Å². The molecule has 1 fully saturated rings. The van der Waals surface area contributed by atoms with Crippen LogP contribution in [-0.4, -0.2) is 29.1 Å². The molecule has 1 N–H and O–H groups in total. The summed E-state index contributed by atoms with van der Waals surface area (Å²) >= 11 is 0. The lowest BCUT2D eigenvalue weighted by molar-refractivity contribution is -0.139. The molecule has 0 spiro atoms. The summed E-state index contributed by atoms with van der Waals surface area (Å²) in [6.07, 6.45) is 3.45. The molecule has 1 aromatic rings. The average Bonchev–Trinajstić information content (AvgIpc) is 3.14. The van der Waals surface area contributed by atoms with Crippen LogP contribution in [0.2, 0.25) is 0 Å². The number of benzene rings is 1. The molecule has 1 unspecified atom stereocenters. The van der Waals surface area contributed by atoms with Gasteiger partial charge in [0.15, 0.2) is 0 Å². The largest absolute Gasteiger partial charge is 0.480 e. The Morgan fingerprint density at radius 3 is 2.56 bits per heavy atom. The Labute approximate surface area is 108 Å². The van der Waals surface area contributed by atoms with Gasteiger partial charge in [0.25, 0.3) is 0 Å². The third-order valence-electron chi connectivity index (χ3n) is 3.54. The summed E-state index contributed by atoms with van der Waals surface area (Å²) in [7, 11) is 0. The van der Waals surface area contributed by atoms with E-state index in [0.717, 1.165) is 13.0 Å². The van der Waals surface area contributed by atoms with Crippen LogP contribution in [-0.2, 0) is 4.79 Å². The van der Waals surface area contributed by atoms with Crippen molar-refractivity contribution in [3.05, 3.63) is 35.9 Å². The number of carboxylic acids is 1. The van der Waals surface area contributed by atoms with E-state index in [9.17, 15) is 4.79 Å². The smallest absolute Gasteiger partial charge is 0.317 e. The molecule has 0 saturated heterocycles. The van der Waals surface area contributed by atoms with Crippen molar-refractivity contribution in [2.24, 2.45) is 5.92 Å². The van der Waals surface area contributed by atoms with Crippen molar-refractivity contribution in [1.82, 2.24) is 4.90 Å². The highest BCUT2D eigenvalue weighted by Gasteiger charge is 2.29. The molecule has 1 saturated carbocycles. The van der Waals surface area contributed by atoms with Gasteiger partial charge in [-0.1, -0.05) is 37.3 Å². The molecule has 1 aliphatic rings. The minimum absolute atomic E-state index is 0.143. The molecule has 0 heterocycles. The fourth-order valence-electron chi connectivity index (χ4n) is 2.49. The predicted octanol–water partition coefficient (Wildman–Crippen LogP) is 2.93. The third kappa shape index (κ3) is 3.57. The second-order valence-corrected chi connectivity index (χ2v) is 5.10. The van der Waals surface area contributed by atoms with E-state index in [0.29, 0.717) is 5.92 Å². The van der Waals surface area contributed by atoms with E-state index in [4.69, 9.17) is 5.11 Å². The fraction of sp³-hybridized carbons (Fsp3) is 0.533. The summed E-state index contributed by atoms with van der Waals surface area (Å²) in [5, 5.41) is 9.07. The highest BCUT2D eigenvalue weighted by atomic mass is 16.4. The molecule has 0 aliphatic heterocycles. The van der Waals surface area contributed by atoms with Gasteiger partial charge in [0.05, 0.1) is 6.54 Å². The zero-order valence-corrected chi connectivity index (χ0v) is 10.9. The quantitative estimate of drug-likeness (QED) is 0.805. The SMILES string of the molecule is CCC(c1ccccc1)N(CC(=O)O)CC1CC1. The molecular formula is C15H21NO2. The van der Waals surface area contributed by atoms with E-state index in [-0.39, 0.29) is 12.6 Å². The van der Waals surface area contributed by atoms with Crippen LogP contribution in [0.4, 0.5) is 0 Å². The first-order valence-corrected chi connectivity index (χ1v) is 6.71. The van der Waals surface area contributed by atoms with E-state index in [2.05, 4.69) is 24.0 Å². The number of carbonyl (C=O) groups is 1. The third-order valence-corrected chi connectivity index (χ3v) is 3.54. The number of aliphatic carboxylic acids is 1. The van der Waals surface area contributed by atoms with Crippen LogP contribution in [0.5, 0.6) is 0 Å². The first-order valence-electron chi connectivity index (χ1n) is 6.71. The van der Waals surface area contributed by atoms with Crippen LogP contribution in [0.15, 0.2) is 30.3 Å². The van der Waals surface area contributed by atoms with Crippen molar-refractivity contribution in [3.8, 4) is 0 Å². The molecule has 18 heavy (non-hydrogen) atoms. The minimum atomic E-state index is -0.731. The Kier molecular flexibility index (Phi) is 4.37. The molecule has 3 heteroatoms. The molecular weight excluding hydrogens is 226 g/mol. The molecule has 1 aliphatic carbocycles. The van der Waals surface area contributed by atoms with Crippen molar-refractivity contribution in [3.63, 3.8) is 0 Å². The summed E-state index contributed by atoms with van der Waals surface area (Å²) in [4.78, 5) is 13.1. The van der Waals surface area contributed by atoms with Crippen molar-refractivity contribution in [2.75, 3.05) is 13.1 Å². The standard InChI is InChI=1S/C15H21NO2/c1-2-14(13-6-4-3-5-7-13)16(11-15(17)18)10-12-8-9-12/h3-7,12,14H,2,8-11H2,1H3,(H,17,18). The Morgan fingerprint density at radius 2 is 2.06 bits per heavy atom. The van der Waals surface area contributed by atoms with Crippen LogP contribution < -0.4 is 0 Å². The van der Waals surface area contributed by atoms with Gasteiger partial charge in [-0.25, -0.2) is 0 Å². The average molecular weight is 247 g/mol. The van der Waals surface area contributed by atoms with Gasteiger partial charge in [-0.3, -0.25) is 9.69 Å². The molecule has 1 atom stereocenters. The Morgan fingerprint density at radius 1 is 1.39 bits per heavy atom. The first-order chi connectivity index (χ1) is 8.70. The summed E-state index contributed by atoms with van der Waals surface area (Å²) in [5.74, 6) is -0.0212. The van der Waals surface area contributed by atoms with Crippen LogP contribution in [0, 0.1) is 5.92 Å². The van der Waals surface area contributed by atoms with E-state index in [1.165, 1.54) is 18.4 Å². The Hall–Kier alpha value is -1.35. The van der Waals surface area contributed by atoms with E-state index < -0.39 is 5.97 Å². The normalized spacial score (nSPS) is 16.8. The molecule has 0 amide bonds. The molecule has 2 rings (SSSR count). The number of nitrogens with zero attached hydrogens (tertiary/aromatic N) is 1. The molecule has 3 nitrogen and oxygen atoms in total. The zero-order chi connectivity index (χ0) is 13.0. The summed E-state index contributed by atoms with van der Waals surface area (Å²) < 4.78 is 0. The van der Waals surface area contributed by atoms with Crippen LogP contribution in [0.25, 0.3) is 0 Å². The van der Waals surface area contributed by atoms with Crippen molar-refractivity contribution >= 4 is 5.97 Å². The lowest BCUT2D eigenvalue weighted by Gasteiger charge is -2.30. The van der Waals surface area contributed by atoms with Gasteiger partial charge < -0.3 is 5.11 Å². The lowest BCUT2D eigenvalue weighted by Crippen LogP contribution is -2.35. The molecule has 98 valence electrons. The minimum Gasteiger partial charge on any atom is -0.480 e. The van der Waals surface area contributed by atoms with Gasteiger partial charge >= 0.3 is 5.97 Å². The highest BCUT2D eigenvalue weighted by molar-refractivity contribution is 5.69. The molecule has 0 radical (unpaired) electrons. The van der Waals surface area contributed by atoms with E-state index in [1.807, 2.05) is 18.2 Å². The van der Waals surface area contributed by atoms with Gasteiger partial charge in [-0.2, -0.15) is 0 Å². The van der Waals surface area contributed by atoms with Crippen LogP contribution in [0.1, 0.15) is 37.8 Å². The monoisotopic (exact) mass is 247 g/mol. The molecule has 0 aromatic heterocycles. The van der Waals surface area contributed by atoms with Gasteiger partial charge in [-0.05, 0) is 30.7 Å². The number of hydrogen-bond acceptors (Lipinski definition) is 2.